The number of nitrogens with one attached hydrogen (secondary N) is 1. The Labute approximate surface area is 142 Å². The van der Waals surface area contributed by atoms with Crippen LogP contribution in [-0.2, 0) is 4.74 Å². The van der Waals surface area contributed by atoms with Crippen LogP contribution in [0, 0.1) is 11.3 Å². The van der Waals surface area contributed by atoms with E-state index >= 15 is 0 Å². The normalized spacial score (nSPS) is 20.0. The van der Waals surface area contributed by atoms with Crippen molar-refractivity contribution in [2.75, 3.05) is 19.7 Å². The molecule has 2 aromatic rings. The fourth-order valence-corrected chi connectivity index (χ4v) is 2.92. The van der Waals surface area contributed by atoms with Crippen LogP contribution in [0.15, 0.2) is 24.3 Å². The minimum Gasteiger partial charge on any atom is -0.368 e. The van der Waals surface area contributed by atoms with Crippen LogP contribution in [0.4, 0.5) is 0 Å². The molecule has 2 atom stereocenters. The fraction of sp³-hybridized carbons (Fsp3) is 0.500. The Balaban J connectivity index is 1.71. The summed E-state index contributed by atoms with van der Waals surface area (Å²) in [5.41, 5.74) is 1.89. The van der Waals surface area contributed by atoms with E-state index in [1.807, 2.05) is 24.3 Å². The number of benzene rings is 1. The molecule has 1 aliphatic heterocycles. The van der Waals surface area contributed by atoms with Crippen molar-refractivity contribution >= 4 is 0 Å². The van der Waals surface area contributed by atoms with E-state index in [4.69, 9.17) is 10.00 Å². The van der Waals surface area contributed by atoms with Gasteiger partial charge in [0.15, 0.2) is 11.6 Å². The summed E-state index contributed by atoms with van der Waals surface area (Å²) in [6, 6.07) is 10.2. The molecule has 126 valence electrons. The molecule has 24 heavy (non-hydrogen) atoms. The van der Waals surface area contributed by atoms with E-state index in [1.165, 1.54) is 5.56 Å². The summed E-state index contributed by atoms with van der Waals surface area (Å²) in [6.07, 6.45) is -0.0837. The predicted molar refractivity (Wildman–Crippen MR) is 90.3 cm³/mol. The van der Waals surface area contributed by atoms with Gasteiger partial charge in [-0.25, -0.2) is 4.98 Å². The van der Waals surface area contributed by atoms with Crippen LogP contribution in [0.3, 0.4) is 0 Å². The Bertz CT molecular complexity index is 716. The zero-order chi connectivity index (χ0) is 17.1. The van der Waals surface area contributed by atoms with Crippen LogP contribution < -0.4 is 0 Å². The highest BCUT2D eigenvalue weighted by atomic mass is 16.5. The largest absolute Gasteiger partial charge is 0.368 e. The van der Waals surface area contributed by atoms with E-state index < -0.39 is 0 Å². The molecule has 0 amide bonds. The quantitative estimate of drug-likeness (QED) is 0.935. The summed E-state index contributed by atoms with van der Waals surface area (Å²) in [7, 11) is 0. The SMILES string of the molecule is CC(C)c1n[nH]c([C@H]2CN([C@H](C)c3ccc(C#N)cc3)CCO2)n1. The number of nitrogens with zero attached hydrogens (tertiary/aromatic N) is 4. The first kappa shape index (κ1) is 16.6. The molecule has 6 heteroatoms. The molecule has 0 aliphatic carbocycles. The summed E-state index contributed by atoms with van der Waals surface area (Å²) in [5.74, 6) is 1.92. The van der Waals surface area contributed by atoms with Gasteiger partial charge in [0.05, 0.1) is 18.2 Å². The second kappa shape index (κ2) is 7.12. The van der Waals surface area contributed by atoms with Gasteiger partial charge in [0.25, 0.3) is 0 Å². The highest BCUT2D eigenvalue weighted by Gasteiger charge is 2.28. The lowest BCUT2D eigenvalue weighted by molar-refractivity contribution is -0.0470. The maximum atomic E-state index is 8.92. The molecule has 0 saturated carbocycles. The molecule has 2 heterocycles. The lowest BCUT2D eigenvalue weighted by atomic mass is 10.0. The predicted octanol–water partition coefficient (Wildman–Crippen LogP) is 2.93. The Morgan fingerprint density at radius 3 is 2.67 bits per heavy atom. The Morgan fingerprint density at radius 2 is 2.04 bits per heavy atom. The molecule has 0 bridgehead atoms. The summed E-state index contributed by atoms with van der Waals surface area (Å²) in [4.78, 5) is 6.95. The van der Waals surface area contributed by atoms with Crippen LogP contribution >= 0.6 is 0 Å². The first-order valence-corrected chi connectivity index (χ1v) is 8.36. The molecule has 1 aromatic heterocycles. The first-order chi connectivity index (χ1) is 11.6. The van der Waals surface area contributed by atoms with Crippen molar-refractivity contribution < 1.29 is 4.74 Å². The molecule has 1 aliphatic rings. The average molecular weight is 325 g/mol. The summed E-state index contributed by atoms with van der Waals surface area (Å²) < 4.78 is 5.89. The minimum atomic E-state index is -0.0837. The van der Waals surface area contributed by atoms with Crippen LogP contribution in [0.25, 0.3) is 0 Å². The van der Waals surface area contributed by atoms with E-state index in [1.54, 1.807) is 0 Å². The summed E-state index contributed by atoms with van der Waals surface area (Å²) >= 11 is 0. The van der Waals surface area contributed by atoms with Crippen LogP contribution in [0.5, 0.6) is 0 Å². The average Bonchev–Trinajstić information content (AvgIpc) is 3.12. The second-order valence-corrected chi connectivity index (χ2v) is 6.50. The number of rotatable bonds is 4. The van der Waals surface area contributed by atoms with Gasteiger partial charge in [-0.1, -0.05) is 26.0 Å². The van der Waals surface area contributed by atoms with Crippen LogP contribution in [0.2, 0.25) is 0 Å². The molecule has 6 nitrogen and oxygen atoms in total. The van der Waals surface area contributed by atoms with E-state index in [-0.39, 0.29) is 12.1 Å². The van der Waals surface area contributed by atoms with Gasteiger partial charge in [-0.15, -0.1) is 0 Å². The van der Waals surface area contributed by atoms with Crippen molar-refractivity contribution in [2.24, 2.45) is 0 Å². The molecular weight excluding hydrogens is 302 g/mol. The molecule has 0 radical (unpaired) electrons. The number of nitriles is 1. The van der Waals surface area contributed by atoms with Gasteiger partial charge >= 0.3 is 0 Å². The monoisotopic (exact) mass is 325 g/mol. The molecule has 1 N–H and O–H groups in total. The van der Waals surface area contributed by atoms with E-state index in [2.05, 4.69) is 46.9 Å². The number of hydrogen-bond acceptors (Lipinski definition) is 5. The molecule has 0 spiro atoms. The summed E-state index contributed by atoms with van der Waals surface area (Å²) in [5, 5.41) is 16.2. The third-order valence-corrected chi connectivity index (χ3v) is 4.51. The van der Waals surface area contributed by atoms with Crippen molar-refractivity contribution in [1.82, 2.24) is 20.1 Å². The number of H-pyrrole nitrogens is 1. The van der Waals surface area contributed by atoms with E-state index in [0.29, 0.717) is 18.1 Å². The number of ether oxygens (including phenoxy) is 1. The Morgan fingerprint density at radius 1 is 1.29 bits per heavy atom. The topological polar surface area (TPSA) is 77.8 Å². The standard InChI is InChI=1S/C18H23N5O/c1-12(2)17-20-18(22-21-17)16-11-23(8-9-24-16)13(3)15-6-4-14(10-19)5-7-15/h4-7,12-13,16H,8-9,11H2,1-3H3,(H,20,21,22)/t13-,16-/m1/s1. The van der Waals surface area contributed by atoms with Crippen molar-refractivity contribution in [2.45, 2.75) is 38.8 Å². The Kier molecular flexibility index (Phi) is 4.93. The molecule has 1 fully saturated rings. The number of aromatic amines is 1. The van der Waals surface area contributed by atoms with Gasteiger partial charge in [-0.05, 0) is 24.6 Å². The molecule has 0 unspecified atom stereocenters. The third kappa shape index (κ3) is 3.48. The van der Waals surface area contributed by atoms with Crippen molar-refractivity contribution in [1.29, 1.82) is 5.26 Å². The number of aromatic nitrogens is 3. The van der Waals surface area contributed by atoms with Crippen molar-refractivity contribution in [3.63, 3.8) is 0 Å². The lowest BCUT2D eigenvalue weighted by Gasteiger charge is -2.36. The number of hydrogen-bond donors (Lipinski definition) is 1. The first-order valence-electron chi connectivity index (χ1n) is 8.36. The van der Waals surface area contributed by atoms with Gasteiger partial charge in [-0.3, -0.25) is 10.00 Å². The molecule has 1 aromatic carbocycles. The van der Waals surface area contributed by atoms with Gasteiger partial charge < -0.3 is 4.74 Å². The lowest BCUT2D eigenvalue weighted by Crippen LogP contribution is -2.40. The van der Waals surface area contributed by atoms with E-state index in [9.17, 15) is 0 Å². The zero-order valence-corrected chi connectivity index (χ0v) is 14.4. The maximum Gasteiger partial charge on any atom is 0.155 e. The Hall–Kier alpha value is -2.23. The van der Waals surface area contributed by atoms with Gasteiger partial charge in [0.2, 0.25) is 0 Å². The van der Waals surface area contributed by atoms with Gasteiger partial charge in [-0.2, -0.15) is 10.4 Å². The van der Waals surface area contributed by atoms with Crippen LogP contribution in [-0.4, -0.2) is 39.8 Å². The highest BCUT2D eigenvalue weighted by Crippen LogP contribution is 2.27. The van der Waals surface area contributed by atoms with E-state index in [0.717, 1.165) is 24.7 Å². The molecular formula is C18H23N5O. The van der Waals surface area contributed by atoms with Gasteiger partial charge in [0, 0.05) is 25.0 Å². The number of morpholine rings is 1. The van der Waals surface area contributed by atoms with Crippen LogP contribution in [0.1, 0.15) is 61.6 Å². The van der Waals surface area contributed by atoms with Crippen molar-refractivity contribution in [3.05, 3.63) is 47.0 Å². The molecule has 1 saturated heterocycles. The smallest absolute Gasteiger partial charge is 0.155 e. The molecule has 3 rings (SSSR count). The minimum absolute atomic E-state index is 0.0837. The second-order valence-electron chi connectivity index (χ2n) is 6.50. The summed E-state index contributed by atoms with van der Waals surface area (Å²) in [6.45, 7) is 8.66. The van der Waals surface area contributed by atoms with Crippen molar-refractivity contribution in [3.8, 4) is 6.07 Å². The van der Waals surface area contributed by atoms with Gasteiger partial charge in [0.1, 0.15) is 6.10 Å². The maximum absolute atomic E-state index is 8.92. The fourth-order valence-electron chi connectivity index (χ4n) is 2.92. The zero-order valence-electron chi connectivity index (χ0n) is 14.4. The third-order valence-electron chi connectivity index (χ3n) is 4.51. The highest BCUT2D eigenvalue weighted by molar-refractivity contribution is 5.32.